The van der Waals surface area contributed by atoms with Gasteiger partial charge in [-0.3, -0.25) is 0 Å². The number of anilines is 3. The number of fused-ring (bicyclic) bond motifs is 6. The van der Waals surface area contributed by atoms with Gasteiger partial charge < -0.3 is 13.7 Å². The first-order valence-electron chi connectivity index (χ1n) is 21.4. The quantitative estimate of drug-likeness (QED) is 0.153. The monoisotopic (exact) mass is 805 g/mol. The Kier molecular flexibility index (Phi) is 8.83. The zero-order valence-electron chi connectivity index (χ0n) is 34.3. The van der Waals surface area contributed by atoms with Crippen LogP contribution >= 0.6 is 0 Å². The van der Waals surface area contributed by atoms with Crippen molar-refractivity contribution in [3.8, 4) is 55.6 Å². The van der Waals surface area contributed by atoms with Gasteiger partial charge in [-0.1, -0.05) is 194 Å². The number of furan rings is 2. The van der Waals surface area contributed by atoms with Gasteiger partial charge in [-0.2, -0.15) is 0 Å². The molecule has 3 heteroatoms. The van der Waals surface area contributed by atoms with Crippen molar-refractivity contribution in [3.05, 3.63) is 237 Å². The minimum atomic E-state index is 0.884. The molecule has 0 amide bonds. The zero-order chi connectivity index (χ0) is 41.7. The number of rotatable bonds is 8. The van der Waals surface area contributed by atoms with E-state index in [2.05, 4.69) is 217 Å². The lowest BCUT2D eigenvalue weighted by Gasteiger charge is -2.30. The highest BCUT2D eigenvalue weighted by atomic mass is 16.3. The maximum absolute atomic E-state index is 6.59. The van der Waals surface area contributed by atoms with E-state index >= 15 is 0 Å². The van der Waals surface area contributed by atoms with Crippen molar-refractivity contribution in [1.82, 2.24) is 0 Å². The van der Waals surface area contributed by atoms with E-state index in [0.717, 1.165) is 105 Å². The Bertz CT molecular complexity index is 3620. The normalized spacial score (nSPS) is 11.5. The molecule has 0 saturated heterocycles. The average Bonchev–Trinajstić information content (AvgIpc) is 3.94. The molecule has 0 atom stereocenters. The molecule has 0 radical (unpaired) electrons. The van der Waals surface area contributed by atoms with Crippen molar-refractivity contribution in [2.24, 2.45) is 0 Å². The van der Waals surface area contributed by atoms with Crippen molar-refractivity contribution >= 4 is 60.9 Å². The molecule has 2 aromatic heterocycles. The predicted octanol–water partition coefficient (Wildman–Crippen LogP) is 17.3. The van der Waals surface area contributed by atoms with E-state index in [9.17, 15) is 0 Å². The Hall–Kier alpha value is -8.40. The molecule has 0 saturated carbocycles. The number of nitrogens with zero attached hydrogens (tertiary/aromatic N) is 1. The maximum Gasteiger partial charge on any atom is 0.143 e. The third kappa shape index (κ3) is 6.29. The molecule has 0 unspecified atom stereocenters. The molecule has 0 aliphatic heterocycles. The van der Waals surface area contributed by atoms with Gasteiger partial charge in [-0.25, -0.2) is 0 Å². The molecule has 12 rings (SSSR count). The lowest BCUT2D eigenvalue weighted by molar-refractivity contribution is 0.669. The SMILES string of the molecule is c1ccc(-c2ccccc2-c2c(-c3ccccc3)cccc2N(c2ccc(-c3cccc4c3oc3ccccc34)cc2)c2cccc(-c3cccc4c3oc3ccccc34)c2)cc1. The average molecular weight is 806 g/mol. The van der Waals surface area contributed by atoms with E-state index in [1.165, 1.54) is 11.1 Å². The third-order valence-corrected chi connectivity index (χ3v) is 12.3. The fourth-order valence-corrected chi connectivity index (χ4v) is 9.42. The molecule has 0 N–H and O–H groups in total. The number of hydrogen-bond donors (Lipinski definition) is 0. The first kappa shape index (κ1) is 36.5. The van der Waals surface area contributed by atoms with Crippen LogP contribution in [0.1, 0.15) is 0 Å². The number of para-hydroxylation sites is 4. The van der Waals surface area contributed by atoms with Crippen LogP contribution in [0.5, 0.6) is 0 Å². The van der Waals surface area contributed by atoms with Crippen LogP contribution in [0.15, 0.2) is 245 Å². The van der Waals surface area contributed by atoms with Crippen LogP contribution in [0.25, 0.3) is 99.5 Å². The minimum absolute atomic E-state index is 0.884. The Morgan fingerprint density at radius 1 is 0.270 bits per heavy atom. The summed E-state index contributed by atoms with van der Waals surface area (Å²) in [6, 6.07) is 84.2. The third-order valence-electron chi connectivity index (χ3n) is 12.3. The Morgan fingerprint density at radius 3 is 1.37 bits per heavy atom. The van der Waals surface area contributed by atoms with Crippen LogP contribution in [-0.4, -0.2) is 0 Å². The topological polar surface area (TPSA) is 29.5 Å². The van der Waals surface area contributed by atoms with Crippen LogP contribution in [-0.2, 0) is 0 Å². The summed E-state index contributed by atoms with van der Waals surface area (Å²) < 4.78 is 13.1. The summed E-state index contributed by atoms with van der Waals surface area (Å²) in [7, 11) is 0. The largest absolute Gasteiger partial charge is 0.455 e. The molecular weight excluding hydrogens is 767 g/mol. The van der Waals surface area contributed by atoms with Gasteiger partial charge in [0.1, 0.15) is 22.3 Å². The highest BCUT2D eigenvalue weighted by molar-refractivity contribution is 6.11. The van der Waals surface area contributed by atoms with Gasteiger partial charge >= 0.3 is 0 Å². The number of benzene rings is 10. The summed E-state index contributed by atoms with van der Waals surface area (Å²) in [6.07, 6.45) is 0. The molecule has 12 aromatic rings. The minimum Gasteiger partial charge on any atom is -0.455 e. The first-order chi connectivity index (χ1) is 31.3. The fraction of sp³-hybridized carbons (Fsp3) is 0. The molecule has 2 heterocycles. The summed E-state index contributed by atoms with van der Waals surface area (Å²) in [5.41, 5.74) is 17.9. The summed E-state index contributed by atoms with van der Waals surface area (Å²) in [6.45, 7) is 0. The van der Waals surface area contributed by atoms with Crippen LogP contribution in [0, 0.1) is 0 Å². The summed E-state index contributed by atoms with van der Waals surface area (Å²) in [5, 5.41) is 4.46. The summed E-state index contributed by atoms with van der Waals surface area (Å²) in [4.78, 5) is 2.41. The molecule has 3 nitrogen and oxygen atoms in total. The highest BCUT2D eigenvalue weighted by Gasteiger charge is 2.24. The summed E-state index contributed by atoms with van der Waals surface area (Å²) in [5.74, 6) is 0. The predicted molar refractivity (Wildman–Crippen MR) is 263 cm³/mol. The summed E-state index contributed by atoms with van der Waals surface area (Å²) >= 11 is 0. The van der Waals surface area contributed by atoms with Gasteiger partial charge in [-0.05, 0) is 81.4 Å². The van der Waals surface area contributed by atoms with Crippen LogP contribution in [0.2, 0.25) is 0 Å². The van der Waals surface area contributed by atoms with Crippen LogP contribution in [0.3, 0.4) is 0 Å². The first-order valence-corrected chi connectivity index (χ1v) is 21.4. The molecular formula is C60H39NO2. The van der Waals surface area contributed by atoms with Gasteiger partial charge in [0.2, 0.25) is 0 Å². The van der Waals surface area contributed by atoms with E-state index in [0.29, 0.717) is 0 Å². The van der Waals surface area contributed by atoms with Crippen molar-refractivity contribution in [3.63, 3.8) is 0 Å². The lowest BCUT2D eigenvalue weighted by atomic mass is 9.87. The Labute approximate surface area is 365 Å². The van der Waals surface area contributed by atoms with E-state index in [1.807, 2.05) is 24.3 Å². The second kappa shape index (κ2) is 15.3. The van der Waals surface area contributed by atoms with Crippen LogP contribution < -0.4 is 4.90 Å². The smallest absolute Gasteiger partial charge is 0.143 e. The molecule has 296 valence electrons. The van der Waals surface area contributed by atoms with Crippen molar-refractivity contribution < 1.29 is 8.83 Å². The second-order valence-corrected chi connectivity index (χ2v) is 16.0. The maximum atomic E-state index is 6.59. The van der Waals surface area contributed by atoms with Gasteiger partial charge in [0.15, 0.2) is 0 Å². The van der Waals surface area contributed by atoms with E-state index in [4.69, 9.17) is 8.83 Å². The fourth-order valence-electron chi connectivity index (χ4n) is 9.42. The number of hydrogen-bond acceptors (Lipinski definition) is 3. The van der Waals surface area contributed by atoms with Gasteiger partial charge in [-0.15, -0.1) is 0 Å². The highest BCUT2D eigenvalue weighted by Crippen LogP contribution is 2.49. The standard InChI is InChI=1S/C60H39NO2/c1-3-17-40(18-4-1)46-23-7-8-26-52(46)58-47(41-19-5-2-6-20-41)27-16-32-55(58)61(44-37-35-42(36-38-44)48-28-14-30-53-50-24-9-11-33-56(50)62-59(48)53)45-22-13-21-43(39-45)49-29-15-31-54-51-25-10-12-34-57(51)63-60(49)54/h1-39H. The van der Waals surface area contributed by atoms with E-state index < -0.39 is 0 Å². The van der Waals surface area contributed by atoms with Crippen molar-refractivity contribution in [2.75, 3.05) is 4.90 Å². The molecule has 0 aliphatic carbocycles. The van der Waals surface area contributed by atoms with Gasteiger partial charge in [0.25, 0.3) is 0 Å². The Morgan fingerprint density at radius 2 is 0.714 bits per heavy atom. The van der Waals surface area contributed by atoms with Gasteiger partial charge in [0.05, 0.1) is 5.69 Å². The van der Waals surface area contributed by atoms with E-state index in [-0.39, 0.29) is 0 Å². The molecule has 10 aromatic carbocycles. The second-order valence-electron chi connectivity index (χ2n) is 16.0. The molecule has 0 spiro atoms. The molecule has 63 heavy (non-hydrogen) atoms. The molecule has 0 aliphatic rings. The van der Waals surface area contributed by atoms with Crippen molar-refractivity contribution in [1.29, 1.82) is 0 Å². The Balaban J connectivity index is 1.09. The lowest BCUT2D eigenvalue weighted by Crippen LogP contribution is -2.12. The molecule has 0 bridgehead atoms. The van der Waals surface area contributed by atoms with E-state index in [1.54, 1.807) is 0 Å². The van der Waals surface area contributed by atoms with Crippen molar-refractivity contribution in [2.45, 2.75) is 0 Å². The van der Waals surface area contributed by atoms with Gasteiger partial charge in [0, 0.05) is 49.6 Å². The molecule has 0 fully saturated rings. The zero-order valence-corrected chi connectivity index (χ0v) is 34.3. The van der Waals surface area contributed by atoms with Crippen LogP contribution in [0.4, 0.5) is 17.1 Å².